The molecular weight excluding hydrogens is 170 g/mol. The highest BCUT2D eigenvalue weighted by molar-refractivity contribution is 5.51. The third kappa shape index (κ3) is 1.76. The number of nitro groups is 1. The molecule has 1 aromatic carbocycles. The van der Waals surface area contributed by atoms with Gasteiger partial charge >= 0.3 is 0 Å². The summed E-state index contributed by atoms with van der Waals surface area (Å²) < 4.78 is 4.88. The van der Waals surface area contributed by atoms with E-state index in [0.29, 0.717) is 11.3 Å². The molecule has 1 aromatic rings. The van der Waals surface area contributed by atoms with Crippen molar-refractivity contribution in [3.8, 4) is 18.1 Å². The van der Waals surface area contributed by atoms with Crippen LogP contribution >= 0.6 is 0 Å². The lowest BCUT2D eigenvalue weighted by atomic mass is 10.2. The van der Waals surface area contributed by atoms with Crippen LogP contribution in [0.4, 0.5) is 5.69 Å². The Morgan fingerprint density at radius 2 is 2.31 bits per heavy atom. The molecule has 13 heavy (non-hydrogen) atoms. The molecule has 0 saturated heterocycles. The molecule has 0 heterocycles. The standard InChI is InChI=1S/C9H7NO3/c1-3-7-4-5-8(10(11)12)6-9(7)13-2/h1,4-6H,2H3. The zero-order chi connectivity index (χ0) is 9.84. The molecule has 0 atom stereocenters. The molecule has 0 fully saturated rings. The number of nitro benzene ring substituents is 1. The van der Waals surface area contributed by atoms with Crippen molar-refractivity contribution < 1.29 is 9.66 Å². The molecule has 0 aromatic heterocycles. The molecular formula is C9H7NO3. The van der Waals surface area contributed by atoms with Gasteiger partial charge in [0.2, 0.25) is 0 Å². The fourth-order valence-electron chi connectivity index (χ4n) is 0.913. The maximum Gasteiger partial charge on any atom is 0.273 e. The van der Waals surface area contributed by atoms with Gasteiger partial charge < -0.3 is 4.74 Å². The van der Waals surface area contributed by atoms with Gasteiger partial charge in [0.1, 0.15) is 5.75 Å². The number of nitrogens with zero attached hydrogens (tertiary/aromatic N) is 1. The quantitative estimate of drug-likeness (QED) is 0.391. The summed E-state index contributed by atoms with van der Waals surface area (Å²) in [5.41, 5.74) is 0.476. The molecule has 1 rings (SSSR count). The molecule has 0 N–H and O–H groups in total. The van der Waals surface area contributed by atoms with Crippen LogP contribution in [0, 0.1) is 22.5 Å². The third-order valence-electron chi connectivity index (χ3n) is 1.55. The third-order valence-corrected chi connectivity index (χ3v) is 1.55. The van der Waals surface area contributed by atoms with Crippen molar-refractivity contribution in [2.45, 2.75) is 0 Å². The number of terminal acetylenes is 1. The highest BCUT2D eigenvalue weighted by atomic mass is 16.6. The van der Waals surface area contributed by atoms with Gasteiger partial charge in [0.25, 0.3) is 5.69 Å². The van der Waals surface area contributed by atoms with Gasteiger partial charge in [0, 0.05) is 6.07 Å². The minimum atomic E-state index is -0.497. The largest absolute Gasteiger partial charge is 0.495 e. The van der Waals surface area contributed by atoms with E-state index >= 15 is 0 Å². The van der Waals surface area contributed by atoms with E-state index in [9.17, 15) is 10.1 Å². The van der Waals surface area contributed by atoms with Crippen molar-refractivity contribution >= 4 is 5.69 Å². The van der Waals surface area contributed by atoms with Crippen molar-refractivity contribution in [1.82, 2.24) is 0 Å². The molecule has 0 aliphatic carbocycles. The zero-order valence-corrected chi connectivity index (χ0v) is 6.98. The summed E-state index contributed by atoms with van der Waals surface area (Å²) >= 11 is 0. The molecule has 0 amide bonds. The van der Waals surface area contributed by atoms with Gasteiger partial charge in [-0.15, -0.1) is 6.42 Å². The normalized spacial score (nSPS) is 8.92. The minimum Gasteiger partial charge on any atom is -0.495 e. The van der Waals surface area contributed by atoms with Crippen LogP contribution in [-0.2, 0) is 0 Å². The van der Waals surface area contributed by atoms with E-state index in [1.807, 2.05) is 0 Å². The van der Waals surface area contributed by atoms with Crippen LogP contribution < -0.4 is 4.74 Å². The van der Waals surface area contributed by atoms with E-state index in [1.165, 1.54) is 25.3 Å². The first-order chi connectivity index (χ1) is 6.19. The van der Waals surface area contributed by atoms with Gasteiger partial charge in [-0.05, 0) is 6.07 Å². The van der Waals surface area contributed by atoms with Crippen LogP contribution in [0.3, 0.4) is 0 Å². The molecule has 4 nitrogen and oxygen atoms in total. The van der Waals surface area contributed by atoms with Crippen LogP contribution in [0.25, 0.3) is 0 Å². The Hall–Kier alpha value is -2.02. The highest BCUT2D eigenvalue weighted by Crippen LogP contribution is 2.23. The summed E-state index contributed by atoms with van der Waals surface area (Å²) in [6.07, 6.45) is 5.15. The minimum absolute atomic E-state index is 0.0316. The van der Waals surface area contributed by atoms with Crippen molar-refractivity contribution in [3.63, 3.8) is 0 Å². The van der Waals surface area contributed by atoms with Crippen LogP contribution in [-0.4, -0.2) is 12.0 Å². The molecule has 0 unspecified atom stereocenters. The van der Waals surface area contributed by atoms with E-state index in [0.717, 1.165) is 0 Å². The first-order valence-corrected chi connectivity index (χ1v) is 3.48. The van der Waals surface area contributed by atoms with Crippen LogP contribution in [0.15, 0.2) is 18.2 Å². The van der Waals surface area contributed by atoms with Crippen molar-refractivity contribution in [2.24, 2.45) is 0 Å². The van der Waals surface area contributed by atoms with Crippen LogP contribution in [0.2, 0.25) is 0 Å². The van der Waals surface area contributed by atoms with Gasteiger partial charge in [-0.2, -0.15) is 0 Å². The maximum atomic E-state index is 10.4. The number of hydrogen-bond acceptors (Lipinski definition) is 3. The second-order valence-corrected chi connectivity index (χ2v) is 2.29. The van der Waals surface area contributed by atoms with Gasteiger partial charge in [-0.25, -0.2) is 0 Å². The first kappa shape index (κ1) is 9.07. The predicted octanol–water partition coefficient (Wildman–Crippen LogP) is 1.58. The first-order valence-electron chi connectivity index (χ1n) is 3.48. The average molecular weight is 177 g/mol. The monoisotopic (exact) mass is 177 g/mol. The number of methoxy groups -OCH3 is 1. The highest BCUT2D eigenvalue weighted by Gasteiger charge is 2.09. The Morgan fingerprint density at radius 1 is 1.62 bits per heavy atom. The smallest absolute Gasteiger partial charge is 0.273 e. The summed E-state index contributed by atoms with van der Waals surface area (Å²) in [7, 11) is 1.42. The summed E-state index contributed by atoms with van der Waals surface area (Å²) in [4.78, 5) is 9.87. The molecule has 0 saturated carbocycles. The molecule has 0 radical (unpaired) electrons. The lowest BCUT2D eigenvalue weighted by Gasteiger charge is -2.01. The second-order valence-electron chi connectivity index (χ2n) is 2.29. The van der Waals surface area contributed by atoms with Gasteiger partial charge in [-0.3, -0.25) is 10.1 Å². The molecule has 0 aliphatic rings. The van der Waals surface area contributed by atoms with Crippen LogP contribution in [0.5, 0.6) is 5.75 Å². The Kier molecular flexibility index (Phi) is 2.50. The lowest BCUT2D eigenvalue weighted by molar-refractivity contribution is -0.384. The molecule has 0 bridgehead atoms. The Labute approximate surface area is 75.3 Å². The summed E-state index contributed by atoms with van der Waals surface area (Å²) in [6.45, 7) is 0. The topological polar surface area (TPSA) is 52.4 Å². The fourth-order valence-corrected chi connectivity index (χ4v) is 0.913. The SMILES string of the molecule is C#Cc1ccc([N+](=O)[O-])cc1OC. The van der Waals surface area contributed by atoms with Crippen molar-refractivity contribution in [2.75, 3.05) is 7.11 Å². The lowest BCUT2D eigenvalue weighted by Crippen LogP contribution is -1.92. The van der Waals surface area contributed by atoms with E-state index in [-0.39, 0.29) is 5.69 Å². The van der Waals surface area contributed by atoms with Gasteiger partial charge in [0.15, 0.2) is 0 Å². The van der Waals surface area contributed by atoms with E-state index in [1.54, 1.807) is 0 Å². The van der Waals surface area contributed by atoms with E-state index < -0.39 is 4.92 Å². The van der Waals surface area contributed by atoms with E-state index in [4.69, 9.17) is 11.2 Å². The Morgan fingerprint density at radius 3 is 2.77 bits per heavy atom. The number of ether oxygens (including phenoxy) is 1. The predicted molar refractivity (Wildman–Crippen MR) is 47.6 cm³/mol. The number of benzene rings is 1. The van der Waals surface area contributed by atoms with E-state index in [2.05, 4.69) is 5.92 Å². The van der Waals surface area contributed by atoms with Crippen molar-refractivity contribution in [1.29, 1.82) is 0 Å². The van der Waals surface area contributed by atoms with Crippen molar-refractivity contribution in [3.05, 3.63) is 33.9 Å². The number of hydrogen-bond donors (Lipinski definition) is 0. The van der Waals surface area contributed by atoms with Gasteiger partial charge in [-0.1, -0.05) is 5.92 Å². The average Bonchev–Trinajstić information content (AvgIpc) is 2.16. The number of rotatable bonds is 2. The number of non-ortho nitro benzene ring substituents is 1. The Bertz CT molecular complexity index is 379. The van der Waals surface area contributed by atoms with Gasteiger partial charge in [0.05, 0.1) is 23.7 Å². The maximum absolute atomic E-state index is 10.4. The Balaban J connectivity index is 3.23. The molecule has 4 heteroatoms. The summed E-state index contributed by atoms with van der Waals surface area (Å²) in [6, 6.07) is 4.13. The van der Waals surface area contributed by atoms with Crippen LogP contribution in [0.1, 0.15) is 5.56 Å². The zero-order valence-electron chi connectivity index (χ0n) is 6.98. The molecule has 66 valence electrons. The second kappa shape index (κ2) is 3.59. The fraction of sp³-hybridized carbons (Fsp3) is 0.111. The summed E-state index contributed by atoms with van der Waals surface area (Å²) in [5, 5.41) is 10.4. The molecule has 0 spiro atoms. The molecule has 0 aliphatic heterocycles. The summed E-state index contributed by atoms with van der Waals surface area (Å²) in [5.74, 6) is 2.71.